The normalized spacial score (nSPS) is 14.4. The van der Waals surface area contributed by atoms with Gasteiger partial charge in [0, 0.05) is 33.4 Å². The van der Waals surface area contributed by atoms with Crippen molar-refractivity contribution in [2.24, 2.45) is 4.99 Å². The highest BCUT2D eigenvalue weighted by atomic mass is 35.5. The highest BCUT2D eigenvalue weighted by Gasteiger charge is 2.24. The smallest absolute Gasteiger partial charge is 0.308 e. The molecular weight excluding hydrogens is 698 g/mol. The van der Waals surface area contributed by atoms with E-state index in [1.54, 1.807) is 19.9 Å². The second kappa shape index (κ2) is 21.2. The molecule has 258 valence electrons. The van der Waals surface area contributed by atoms with Crippen molar-refractivity contribution >= 4 is 75.8 Å². The van der Waals surface area contributed by atoms with Crippen LogP contribution in [-0.2, 0) is 14.3 Å². The number of ether oxygens (including phenoxy) is 1. The van der Waals surface area contributed by atoms with E-state index in [2.05, 4.69) is 37.8 Å². The minimum atomic E-state index is -1.05. The number of pyridine rings is 1. The number of H-pyrrole nitrogens is 1. The van der Waals surface area contributed by atoms with Crippen molar-refractivity contribution in [1.29, 1.82) is 0 Å². The van der Waals surface area contributed by atoms with Crippen LogP contribution in [0.4, 0.5) is 5.69 Å². The lowest BCUT2D eigenvalue weighted by atomic mass is 10.0. The highest BCUT2D eigenvalue weighted by Crippen LogP contribution is 2.36. The van der Waals surface area contributed by atoms with Crippen LogP contribution < -0.4 is 26.8 Å². The maximum absolute atomic E-state index is 12.7. The number of aromatic amines is 1. The van der Waals surface area contributed by atoms with Gasteiger partial charge in [0.15, 0.2) is 5.96 Å². The van der Waals surface area contributed by atoms with E-state index in [-0.39, 0.29) is 64.7 Å². The number of carbonyl (C=O) groups excluding carboxylic acids is 3. The van der Waals surface area contributed by atoms with Gasteiger partial charge in [-0.25, -0.2) is 0 Å². The number of halogens is 4. The van der Waals surface area contributed by atoms with Crippen molar-refractivity contribution in [2.75, 3.05) is 31.6 Å². The third-order valence-corrected chi connectivity index (χ3v) is 6.32. The number of hydrogen-bond donors (Lipinski definition) is 7. The number of phenolic OH excluding ortho intramolecular Hbond substituents is 1. The number of aliphatic hydroxyl groups is 1. The summed E-state index contributed by atoms with van der Waals surface area (Å²) in [6.07, 6.45) is 1.79. The molecule has 1 aromatic carbocycles. The minimum absolute atomic E-state index is 0.0209. The average Bonchev–Trinajstić information content (AvgIpc) is 3.00. The molecule has 2 amide bonds. The predicted octanol–water partition coefficient (Wildman–Crippen LogP) is 4.57. The number of aromatic hydroxyl groups is 1. The number of β-amino-alcohol motifs (C(OH)–C–C–N with tert-alkyl or cyclic N) is 1. The number of nitrogens with one attached hydrogen (secondary N) is 5. The summed E-state index contributed by atoms with van der Waals surface area (Å²) in [6, 6.07) is 2.88. The maximum Gasteiger partial charge on any atom is 0.308 e. The summed E-state index contributed by atoms with van der Waals surface area (Å²) < 4.78 is 4.94. The summed E-state index contributed by atoms with van der Waals surface area (Å²) in [7, 11) is 0. The number of rotatable bonds is 10. The van der Waals surface area contributed by atoms with Gasteiger partial charge < -0.3 is 41.2 Å². The van der Waals surface area contributed by atoms with Crippen LogP contribution in [0.1, 0.15) is 56.1 Å². The van der Waals surface area contributed by atoms with E-state index in [9.17, 15) is 29.4 Å². The molecule has 1 aliphatic rings. The number of nitrogens with zero attached hydrogens (tertiary/aromatic N) is 1. The first-order chi connectivity index (χ1) is 22.2. The molecule has 7 N–H and O–H groups in total. The number of allylic oxidation sites excluding steroid dienone is 3. The number of aromatic nitrogens is 1. The van der Waals surface area contributed by atoms with E-state index in [4.69, 9.17) is 51.1 Å². The number of hydrogen-bond acceptors (Lipinski definition) is 10. The van der Waals surface area contributed by atoms with Gasteiger partial charge in [0.05, 0.1) is 48.8 Å². The molecular formula is C30H38Cl4N6O7. The average molecular weight is 736 g/mol. The molecule has 0 fully saturated rings. The Labute approximate surface area is 292 Å². The van der Waals surface area contributed by atoms with E-state index < -0.39 is 42.0 Å². The Hall–Kier alpha value is -3.75. The lowest BCUT2D eigenvalue weighted by Crippen LogP contribution is -2.43. The molecule has 3 rings (SSSR count). The molecule has 13 nitrogen and oxygen atoms in total. The van der Waals surface area contributed by atoms with Crippen LogP contribution in [0.5, 0.6) is 5.75 Å². The molecule has 1 aromatic heterocycles. The molecule has 2 heterocycles. The monoisotopic (exact) mass is 734 g/mol. The molecule has 47 heavy (non-hydrogen) atoms. The largest absolute Gasteiger partial charge is 0.506 e. The number of esters is 1. The Kier molecular flexibility index (Phi) is 18.6. The van der Waals surface area contributed by atoms with Crippen LogP contribution in [0, 0.1) is 0 Å². The lowest BCUT2D eigenvalue weighted by molar-refractivity contribution is -0.143. The van der Waals surface area contributed by atoms with Crippen molar-refractivity contribution in [3.05, 3.63) is 78.6 Å². The van der Waals surface area contributed by atoms with Crippen LogP contribution >= 0.6 is 46.4 Å². The van der Waals surface area contributed by atoms with Crippen molar-refractivity contribution in [1.82, 2.24) is 20.9 Å². The molecule has 0 bridgehead atoms. The summed E-state index contributed by atoms with van der Waals surface area (Å²) in [5.74, 6) is -2.12. The molecule has 2 aromatic rings. The fourth-order valence-corrected chi connectivity index (χ4v) is 4.51. The molecule has 0 saturated heterocycles. The molecule has 0 radical (unpaired) electrons. The first-order valence-electron chi connectivity index (χ1n) is 14.3. The van der Waals surface area contributed by atoms with E-state index in [1.807, 2.05) is 13.8 Å². The standard InChI is InChI=1S/C23H26Cl2N6O7.C5H6Cl2.C2H6/c1-2-38-19(34)6-16(14-4-12(24)5-15(25)20(14)35)30-18(33)10-27-21(36)11-3-17(22(37)26-7-11)31-23-28-8-13(32)9-29-23;1-4(6)3-5(2)7;1-2/h3-5,7,13,16,32,35H,2,6,8-10H2,1H3,(H,26,37)(H,27,36)(H,30,33)(H2,28,29,31);3H,1H2,2H3;1-2H3/b;5-3+;. The molecule has 0 spiro atoms. The number of carbonyl (C=O) groups is 3. The topological polar surface area (TPSA) is 194 Å². The number of guanidine groups is 1. The summed E-state index contributed by atoms with van der Waals surface area (Å²) >= 11 is 22.7. The van der Waals surface area contributed by atoms with Gasteiger partial charge in [-0.3, -0.25) is 24.2 Å². The van der Waals surface area contributed by atoms with Gasteiger partial charge in [-0.2, -0.15) is 0 Å². The summed E-state index contributed by atoms with van der Waals surface area (Å²) in [6.45, 7) is 10.8. The first-order valence-corrected chi connectivity index (χ1v) is 15.8. The zero-order chi connectivity index (χ0) is 35.7. The molecule has 2 atom stereocenters. The van der Waals surface area contributed by atoms with Gasteiger partial charge in [0.2, 0.25) is 5.91 Å². The number of aliphatic hydroxyl groups excluding tert-OH is 1. The minimum Gasteiger partial charge on any atom is -0.506 e. The van der Waals surface area contributed by atoms with Crippen LogP contribution in [0.3, 0.4) is 0 Å². The van der Waals surface area contributed by atoms with Gasteiger partial charge in [0.25, 0.3) is 11.5 Å². The Morgan fingerprint density at radius 1 is 1.21 bits per heavy atom. The van der Waals surface area contributed by atoms with E-state index in [1.165, 1.54) is 24.4 Å². The number of aliphatic imine (C=N–C) groups is 1. The lowest BCUT2D eigenvalue weighted by Gasteiger charge is -2.20. The fraction of sp³-hybridized carbons (Fsp3) is 0.367. The van der Waals surface area contributed by atoms with E-state index in [0.717, 1.165) is 0 Å². The zero-order valence-electron chi connectivity index (χ0n) is 26.2. The summed E-state index contributed by atoms with van der Waals surface area (Å²) in [5, 5.41) is 31.6. The number of phenols is 1. The third-order valence-electron chi connectivity index (χ3n) is 5.59. The van der Waals surface area contributed by atoms with Gasteiger partial charge in [0.1, 0.15) is 11.4 Å². The Morgan fingerprint density at radius 3 is 2.45 bits per heavy atom. The molecule has 0 saturated carbocycles. The van der Waals surface area contributed by atoms with Crippen molar-refractivity contribution in [3.63, 3.8) is 0 Å². The van der Waals surface area contributed by atoms with E-state index in [0.29, 0.717) is 10.1 Å². The Balaban J connectivity index is 0.00000108. The second-order valence-corrected chi connectivity index (χ2v) is 11.2. The van der Waals surface area contributed by atoms with Gasteiger partial charge in [-0.1, -0.05) is 66.8 Å². The Bertz CT molecular complexity index is 1530. The maximum atomic E-state index is 12.7. The third kappa shape index (κ3) is 15.1. The number of benzene rings is 1. The van der Waals surface area contributed by atoms with Crippen LogP contribution in [0.2, 0.25) is 10.0 Å². The Morgan fingerprint density at radius 2 is 1.89 bits per heavy atom. The fourth-order valence-electron chi connectivity index (χ4n) is 3.65. The van der Waals surface area contributed by atoms with E-state index >= 15 is 0 Å². The van der Waals surface area contributed by atoms with Crippen LogP contribution in [0.25, 0.3) is 0 Å². The van der Waals surface area contributed by atoms with Crippen molar-refractivity contribution < 1.29 is 29.3 Å². The highest BCUT2D eigenvalue weighted by molar-refractivity contribution is 6.35. The first kappa shape index (κ1) is 41.3. The van der Waals surface area contributed by atoms with Crippen LogP contribution in [-0.4, -0.2) is 71.3 Å². The number of amides is 2. The van der Waals surface area contributed by atoms with Crippen molar-refractivity contribution in [3.8, 4) is 5.75 Å². The molecule has 2 unspecified atom stereocenters. The van der Waals surface area contributed by atoms with Crippen molar-refractivity contribution in [2.45, 2.75) is 46.3 Å². The molecule has 0 aliphatic carbocycles. The van der Waals surface area contributed by atoms with Gasteiger partial charge in [-0.15, -0.1) is 0 Å². The zero-order valence-corrected chi connectivity index (χ0v) is 29.2. The number of anilines is 1. The summed E-state index contributed by atoms with van der Waals surface area (Å²) in [4.78, 5) is 56.0. The molecule has 1 aliphatic heterocycles. The van der Waals surface area contributed by atoms with Gasteiger partial charge >= 0.3 is 5.97 Å². The second-order valence-electron chi connectivity index (χ2n) is 9.30. The van der Waals surface area contributed by atoms with Crippen LogP contribution in [0.15, 0.2) is 56.9 Å². The quantitative estimate of drug-likeness (QED) is 0.135. The van der Waals surface area contributed by atoms with Gasteiger partial charge in [-0.05, 0) is 38.1 Å². The molecule has 17 heteroatoms. The predicted molar refractivity (Wildman–Crippen MR) is 186 cm³/mol. The SMILES string of the molecule is C=C(Cl)/C=C(\C)Cl.CC.CCOC(=O)CC(NC(=O)CNC(=O)c1c[nH]c(=O)c(NC2=NCC(O)CN2)c1)c1cc(Cl)cc(Cl)c1O. The summed E-state index contributed by atoms with van der Waals surface area (Å²) in [5.41, 5.74) is -0.360.